The van der Waals surface area contributed by atoms with Crippen LogP contribution in [0.2, 0.25) is 0 Å². The number of halogens is 9. The normalized spacial score (nSPS) is 19.4. The van der Waals surface area contributed by atoms with Crippen LogP contribution in [-0.2, 0) is 27.7 Å². The Morgan fingerprint density at radius 1 is 0.919 bits per heavy atom. The molecule has 0 aromatic heterocycles. The predicted octanol–water partition coefficient (Wildman–Crippen LogP) is 5.35. The highest BCUT2D eigenvalue weighted by Gasteiger charge is 2.60. The molecule has 2 fully saturated rings. The number of alkyl halides is 9. The number of ether oxygens (including phenoxy) is 1. The summed E-state index contributed by atoms with van der Waals surface area (Å²) in [6, 6.07) is 3.66. The fourth-order valence-electron chi connectivity index (χ4n) is 4.87. The fraction of sp³-hybridized carbons (Fsp3) is 0.636. The summed E-state index contributed by atoms with van der Waals surface area (Å²) in [6.07, 6.45) is -21.8. The van der Waals surface area contributed by atoms with E-state index in [4.69, 9.17) is 0 Å². The van der Waals surface area contributed by atoms with Crippen LogP contribution in [0.3, 0.4) is 0 Å². The van der Waals surface area contributed by atoms with Gasteiger partial charge in [0.1, 0.15) is 0 Å². The zero-order chi connectivity index (χ0) is 27.8. The van der Waals surface area contributed by atoms with Gasteiger partial charge in [-0.05, 0) is 24.0 Å². The summed E-state index contributed by atoms with van der Waals surface area (Å²) in [7, 11) is 0. The Hall–Kier alpha value is -2.71. The van der Waals surface area contributed by atoms with Crippen molar-refractivity contribution in [2.24, 2.45) is 0 Å². The smallest absolute Gasteiger partial charge is 0.434 e. The third kappa shape index (κ3) is 6.24. The number of carbonyl (C=O) groups is 2. The summed E-state index contributed by atoms with van der Waals surface area (Å²) in [5, 5.41) is 9.80. The topological polar surface area (TPSA) is 70.1 Å². The van der Waals surface area contributed by atoms with Gasteiger partial charge in [-0.15, -0.1) is 0 Å². The van der Waals surface area contributed by atoms with Crippen LogP contribution in [-0.4, -0.2) is 71.6 Å². The van der Waals surface area contributed by atoms with E-state index >= 15 is 0 Å². The summed E-state index contributed by atoms with van der Waals surface area (Å²) in [4.78, 5) is 26.0. The zero-order valence-electron chi connectivity index (χ0n) is 19.1. The maximum atomic E-state index is 14.2. The molecule has 1 amide bonds. The number of benzene rings is 1. The maximum Gasteiger partial charge on any atom is 0.434 e. The van der Waals surface area contributed by atoms with E-state index in [1.807, 2.05) is 0 Å². The van der Waals surface area contributed by atoms with Gasteiger partial charge < -0.3 is 14.7 Å². The highest BCUT2D eigenvalue weighted by molar-refractivity contribution is 5.82. The zero-order valence-corrected chi connectivity index (χ0v) is 19.1. The second-order valence-electron chi connectivity index (χ2n) is 9.04. The van der Waals surface area contributed by atoms with Gasteiger partial charge in [0, 0.05) is 32.7 Å². The van der Waals surface area contributed by atoms with Gasteiger partial charge >= 0.3 is 30.6 Å². The molecule has 1 aromatic carbocycles. The van der Waals surface area contributed by atoms with E-state index in [9.17, 15) is 54.2 Å². The molecule has 208 valence electrons. The lowest BCUT2D eigenvalue weighted by atomic mass is 9.75. The third-order valence-corrected chi connectivity index (χ3v) is 6.65. The first-order valence-electron chi connectivity index (χ1n) is 11.2. The molecule has 1 heterocycles. The first-order chi connectivity index (χ1) is 17.0. The standard InChI is InChI=1S/C22H23F9N2O4/c23-20(24,25)15-13(4-3-5-14(15)19(17(34)35)6-1-2-7-19)12-32-8-10-33(11-9-32)18(36)37-16(21(26,27)28)22(29,30)31/h3-5,16H,1-2,6-12H2,(H,34,35). The van der Waals surface area contributed by atoms with Crippen molar-refractivity contribution in [3.63, 3.8) is 0 Å². The molecule has 0 atom stereocenters. The van der Waals surface area contributed by atoms with Crippen molar-refractivity contribution in [3.05, 3.63) is 34.9 Å². The molecule has 0 radical (unpaired) electrons. The Labute approximate surface area is 204 Å². The first-order valence-corrected chi connectivity index (χ1v) is 11.2. The molecule has 1 aliphatic carbocycles. The van der Waals surface area contributed by atoms with E-state index in [2.05, 4.69) is 4.74 Å². The maximum absolute atomic E-state index is 14.2. The summed E-state index contributed by atoms with van der Waals surface area (Å²) in [6.45, 7) is -1.43. The van der Waals surface area contributed by atoms with Crippen molar-refractivity contribution in [2.75, 3.05) is 26.2 Å². The van der Waals surface area contributed by atoms with Crippen LogP contribution < -0.4 is 0 Å². The molecule has 6 nitrogen and oxygen atoms in total. The largest absolute Gasteiger partial charge is 0.481 e. The Bertz CT molecular complexity index is 979. The Kier molecular flexibility index (Phi) is 7.97. The Balaban J connectivity index is 1.76. The molecule has 1 saturated heterocycles. The number of nitrogens with zero attached hydrogens (tertiary/aromatic N) is 2. The molecule has 0 spiro atoms. The third-order valence-electron chi connectivity index (χ3n) is 6.65. The second kappa shape index (κ2) is 10.2. The molecular formula is C22H23F9N2O4. The molecule has 0 bridgehead atoms. The lowest BCUT2D eigenvalue weighted by Crippen LogP contribution is -2.52. The summed E-state index contributed by atoms with van der Waals surface area (Å²) >= 11 is 0. The minimum atomic E-state index is -5.87. The molecule has 37 heavy (non-hydrogen) atoms. The first kappa shape index (κ1) is 28.9. The number of hydrogen-bond acceptors (Lipinski definition) is 4. The molecule has 3 rings (SSSR count). The van der Waals surface area contributed by atoms with Gasteiger partial charge in [0.2, 0.25) is 0 Å². The van der Waals surface area contributed by atoms with Crippen LogP contribution in [0, 0.1) is 0 Å². The lowest BCUT2D eigenvalue weighted by Gasteiger charge is -2.36. The van der Waals surface area contributed by atoms with Crippen LogP contribution >= 0.6 is 0 Å². The molecule has 1 aliphatic heterocycles. The number of carboxylic acid groups (broad SMARTS) is 1. The minimum absolute atomic E-state index is 0.0481. The van der Waals surface area contributed by atoms with E-state index < -0.39 is 47.7 Å². The van der Waals surface area contributed by atoms with Gasteiger partial charge in [0.15, 0.2) is 0 Å². The van der Waals surface area contributed by atoms with Crippen LogP contribution in [0.5, 0.6) is 0 Å². The molecule has 1 N–H and O–H groups in total. The number of carboxylic acids is 1. The highest BCUT2D eigenvalue weighted by Crippen LogP contribution is 2.47. The Morgan fingerprint density at radius 3 is 1.92 bits per heavy atom. The van der Waals surface area contributed by atoms with Gasteiger partial charge in [-0.2, -0.15) is 39.5 Å². The number of aliphatic carboxylic acids is 1. The van der Waals surface area contributed by atoms with Crippen molar-refractivity contribution in [3.8, 4) is 0 Å². The monoisotopic (exact) mass is 550 g/mol. The summed E-state index contributed by atoms with van der Waals surface area (Å²) in [5.74, 6) is -1.35. The van der Waals surface area contributed by atoms with Crippen molar-refractivity contribution in [1.29, 1.82) is 0 Å². The molecule has 15 heteroatoms. The van der Waals surface area contributed by atoms with Gasteiger partial charge in [-0.3, -0.25) is 9.69 Å². The molecule has 2 aliphatic rings. The predicted molar refractivity (Wildman–Crippen MR) is 108 cm³/mol. The number of rotatable bonds is 5. The van der Waals surface area contributed by atoms with Crippen LogP contribution in [0.15, 0.2) is 18.2 Å². The number of carbonyl (C=O) groups excluding carboxylic acids is 1. The van der Waals surface area contributed by atoms with Crippen LogP contribution in [0.1, 0.15) is 42.4 Å². The van der Waals surface area contributed by atoms with Crippen molar-refractivity contribution in [1.82, 2.24) is 9.80 Å². The number of amides is 1. The highest BCUT2D eigenvalue weighted by atomic mass is 19.4. The van der Waals surface area contributed by atoms with Gasteiger partial charge in [0.05, 0.1) is 11.0 Å². The molecule has 1 saturated carbocycles. The van der Waals surface area contributed by atoms with E-state index in [0.717, 1.165) is 6.07 Å². The van der Waals surface area contributed by atoms with Crippen molar-refractivity contribution < 1.29 is 58.9 Å². The summed E-state index contributed by atoms with van der Waals surface area (Å²) < 4.78 is 122. The van der Waals surface area contributed by atoms with Crippen LogP contribution in [0.25, 0.3) is 0 Å². The van der Waals surface area contributed by atoms with E-state index in [0.29, 0.717) is 17.7 Å². The van der Waals surface area contributed by atoms with Gasteiger partial charge in [-0.1, -0.05) is 31.0 Å². The van der Waals surface area contributed by atoms with E-state index in [-0.39, 0.29) is 56.7 Å². The molecular weight excluding hydrogens is 527 g/mol. The van der Waals surface area contributed by atoms with Crippen LogP contribution in [0.4, 0.5) is 44.3 Å². The molecule has 1 aromatic rings. The fourth-order valence-corrected chi connectivity index (χ4v) is 4.87. The van der Waals surface area contributed by atoms with Gasteiger partial charge in [-0.25, -0.2) is 4.79 Å². The lowest BCUT2D eigenvalue weighted by molar-refractivity contribution is -0.308. The quantitative estimate of drug-likeness (QED) is 0.501. The van der Waals surface area contributed by atoms with Crippen molar-refractivity contribution in [2.45, 2.75) is 62.3 Å². The molecule has 0 unspecified atom stereocenters. The van der Waals surface area contributed by atoms with Gasteiger partial charge in [0.25, 0.3) is 6.10 Å². The summed E-state index contributed by atoms with van der Waals surface area (Å²) in [5.41, 5.74) is -3.31. The average Bonchev–Trinajstić information content (AvgIpc) is 3.27. The minimum Gasteiger partial charge on any atom is -0.481 e. The number of piperazine rings is 1. The number of hydrogen-bond donors (Lipinski definition) is 1. The second-order valence-corrected chi connectivity index (χ2v) is 9.04. The average molecular weight is 550 g/mol. The Morgan fingerprint density at radius 2 is 1.46 bits per heavy atom. The van der Waals surface area contributed by atoms with Crippen molar-refractivity contribution >= 4 is 12.1 Å². The van der Waals surface area contributed by atoms with E-state index in [1.165, 1.54) is 17.0 Å². The van der Waals surface area contributed by atoms with E-state index in [1.54, 1.807) is 0 Å². The SMILES string of the molecule is O=C(OC(C(F)(F)F)C(F)(F)F)N1CCN(Cc2cccc(C3(C(=O)O)CCCC3)c2C(F)(F)F)CC1.